The number of aromatic nitrogens is 2. The summed E-state index contributed by atoms with van der Waals surface area (Å²) >= 11 is 0. The number of hydrazine groups is 1. The van der Waals surface area contributed by atoms with Crippen LogP contribution in [-0.2, 0) is 6.18 Å². The van der Waals surface area contributed by atoms with E-state index in [0.29, 0.717) is 11.2 Å². The Labute approximate surface area is 82.2 Å². The molecule has 0 atom stereocenters. The van der Waals surface area contributed by atoms with Gasteiger partial charge in [-0.3, -0.25) is 5.10 Å². The first-order valence-electron chi connectivity index (χ1n) is 4.04. The monoisotopic (exact) mass is 216 g/mol. The maximum atomic E-state index is 12.3. The Kier molecular flexibility index (Phi) is 2.04. The van der Waals surface area contributed by atoms with Crippen molar-refractivity contribution in [2.24, 2.45) is 5.84 Å². The first kappa shape index (κ1) is 9.78. The van der Waals surface area contributed by atoms with Crippen LogP contribution in [0.3, 0.4) is 0 Å². The van der Waals surface area contributed by atoms with Crippen LogP contribution in [0.15, 0.2) is 18.2 Å². The van der Waals surface area contributed by atoms with Crippen LogP contribution in [0.2, 0.25) is 0 Å². The number of rotatable bonds is 1. The molecule has 7 heteroatoms. The van der Waals surface area contributed by atoms with Crippen LogP contribution in [0.25, 0.3) is 10.9 Å². The van der Waals surface area contributed by atoms with E-state index in [1.54, 1.807) is 0 Å². The Morgan fingerprint density at radius 1 is 1.33 bits per heavy atom. The number of anilines is 1. The molecule has 4 nitrogen and oxygen atoms in total. The van der Waals surface area contributed by atoms with Gasteiger partial charge in [-0.1, -0.05) is 0 Å². The van der Waals surface area contributed by atoms with Gasteiger partial charge in [0.05, 0.1) is 11.1 Å². The van der Waals surface area contributed by atoms with Gasteiger partial charge in [0, 0.05) is 5.39 Å². The maximum Gasteiger partial charge on any atom is 0.416 e. The highest BCUT2D eigenvalue weighted by Crippen LogP contribution is 2.32. The summed E-state index contributed by atoms with van der Waals surface area (Å²) in [5.74, 6) is 5.45. The lowest BCUT2D eigenvalue weighted by Crippen LogP contribution is -2.07. The number of aromatic amines is 1. The Balaban J connectivity index is 2.58. The van der Waals surface area contributed by atoms with Gasteiger partial charge in [0.25, 0.3) is 0 Å². The number of hydrogen-bond acceptors (Lipinski definition) is 3. The number of nitrogen functional groups attached to an aromatic ring is 1. The number of H-pyrrole nitrogens is 1. The van der Waals surface area contributed by atoms with Gasteiger partial charge in [-0.15, -0.1) is 0 Å². The van der Waals surface area contributed by atoms with E-state index in [9.17, 15) is 13.2 Å². The fourth-order valence-electron chi connectivity index (χ4n) is 1.31. The van der Waals surface area contributed by atoms with Crippen molar-refractivity contribution < 1.29 is 13.2 Å². The number of nitrogens with two attached hydrogens (primary N) is 1. The molecule has 0 radical (unpaired) electrons. The lowest BCUT2D eigenvalue weighted by Gasteiger charge is -2.05. The van der Waals surface area contributed by atoms with E-state index in [0.717, 1.165) is 12.1 Å². The summed E-state index contributed by atoms with van der Waals surface area (Å²) in [5, 5.41) is 6.69. The van der Waals surface area contributed by atoms with Crippen LogP contribution in [-0.4, -0.2) is 10.2 Å². The Morgan fingerprint density at radius 3 is 2.67 bits per heavy atom. The van der Waals surface area contributed by atoms with Gasteiger partial charge in [-0.25, -0.2) is 5.84 Å². The molecular weight excluding hydrogens is 209 g/mol. The molecule has 0 aliphatic carbocycles. The van der Waals surface area contributed by atoms with Crippen molar-refractivity contribution in [2.45, 2.75) is 6.18 Å². The topological polar surface area (TPSA) is 66.7 Å². The summed E-state index contributed by atoms with van der Waals surface area (Å²) in [5.41, 5.74) is 1.85. The number of nitrogens with one attached hydrogen (secondary N) is 2. The van der Waals surface area contributed by atoms with E-state index < -0.39 is 11.7 Å². The highest BCUT2D eigenvalue weighted by Gasteiger charge is 2.30. The number of hydrogen-bond donors (Lipinski definition) is 3. The van der Waals surface area contributed by atoms with E-state index in [-0.39, 0.29) is 5.52 Å². The standard InChI is InChI=1S/C8H7F3N4/c9-8(10,11)4-1-2-5-6(3-4)14-15-7(5)13-12/h1-3H,12H2,(H2,13,14,15). The normalized spacial score (nSPS) is 12.0. The molecule has 0 fully saturated rings. The molecule has 0 spiro atoms. The van der Waals surface area contributed by atoms with Crippen molar-refractivity contribution in [1.82, 2.24) is 10.2 Å². The highest BCUT2D eigenvalue weighted by molar-refractivity contribution is 5.89. The Hall–Kier alpha value is -1.76. The molecule has 0 aliphatic heterocycles. The van der Waals surface area contributed by atoms with Gasteiger partial charge in [0.15, 0.2) is 5.82 Å². The average Bonchev–Trinajstić information content (AvgIpc) is 2.58. The molecule has 2 aromatic rings. The molecule has 80 valence electrons. The minimum Gasteiger partial charge on any atom is -0.306 e. The number of halogens is 3. The zero-order chi connectivity index (χ0) is 11.1. The summed E-state index contributed by atoms with van der Waals surface area (Å²) in [4.78, 5) is 0. The summed E-state index contributed by atoms with van der Waals surface area (Å²) in [6.07, 6.45) is -4.35. The first-order chi connectivity index (χ1) is 7.02. The molecule has 0 saturated heterocycles. The molecule has 0 saturated carbocycles. The predicted octanol–water partition coefficient (Wildman–Crippen LogP) is 1.87. The van der Waals surface area contributed by atoms with Gasteiger partial charge < -0.3 is 5.43 Å². The molecule has 2 rings (SSSR count). The van der Waals surface area contributed by atoms with Crippen molar-refractivity contribution >= 4 is 16.7 Å². The molecule has 0 aliphatic rings. The molecule has 0 bridgehead atoms. The van der Waals surface area contributed by atoms with Crippen LogP contribution in [0.4, 0.5) is 19.0 Å². The van der Waals surface area contributed by atoms with E-state index in [1.807, 2.05) is 0 Å². The van der Waals surface area contributed by atoms with Crippen LogP contribution < -0.4 is 11.3 Å². The Morgan fingerprint density at radius 2 is 2.07 bits per heavy atom. The SMILES string of the molecule is NNc1n[nH]c2cc(C(F)(F)F)ccc12. The Bertz CT molecular complexity index is 488. The van der Waals surface area contributed by atoms with Gasteiger partial charge >= 0.3 is 6.18 Å². The second-order valence-electron chi connectivity index (χ2n) is 2.97. The van der Waals surface area contributed by atoms with Crippen LogP contribution in [0.1, 0.15) is 5.56 Å². The third-order valence-corrected chi connectivity index (χ3v) is 2.03. The van der Waals surface area contributed by atoms with Crippen LogP contribution >= 0.6 is 0 Å². The summed E-state index contributed by atoms with van der Waals surface area (Å²) in [6.45, 7) is 0. The minimum absolute atomic E-state index is 0.290. The van der Waals surface area contributed by atoms with E-state index in [2.05, 4.69) is 15.6 Å². The summed E-state index contributed by atoms with van der Waals surface area (Å²) in [7, 11) is 0. The van der Waals surface area contributed by atoms with E-state index in [4.69, 9.17) is 5.84 Å². The third-order valence-electron chi connectivity index (χ3n) is 2.03. The molecule has 0 unspecified atom stereocenters. The highest BCUT2D eigenvalue weighted by atomic mass is 19.4. The number of alkyl halides is 3. The maximum absolute atomic E-state index is 12.3. The van der Waals surface area contributed by atoms with Crippen molar-refractivity contribution in [2.75, 3.05) is 5.43 Å². The van der Waals surface area contributed by atoms with Crippen LogP contribution in [0, 0.1) is 0 Å². The number of benzene rings is 1. The van der Waals surface area contributed by atoms with Crippen LogP contribution in [0.5, 0.6) is 0 Å². The van der Waals surface area contributed by atoms with Crippen molar-refractivity contribution in [1.29, 1.82) is 0 Å². The first-order valence-corrected chi connectivity index (χ1v) is 4.04. The van der Waals surface area contributed by atoms with Crippen molar-refractivity contribution in [3.05, 3.63) is 23.8 Å². The number of fused-ring (bicyclic) bond motifs is 1. The average molecular weight is 216 g/mol. The fraction of sp³-hybridized carbons (Fsp3) is 0.125. The lowest BCUT2D eigenvalue weighted by molar-refractivity contribution is -0.137. The van der Waals surface area contributed by atoms with E-state index in [1.165, 1.54) is 6.07 Å². The smallest absolute Gasteiger partial charge is 0.306 e. The predicted molar refractivity (Wildman–Crippen MR) is 48.9 cm³/mol. The van der Waals surface area contributed by atoms with Gasteiger partial charge in [0.1, 0.15) is 0 Å². The zero-order valence-corrected chi connectivity index (χ0v) is 7.39. The van der Waals surface area contributed by atoms with Gasteiger partial charge in [0.2, 0.25) is 0 Å². The second kappa shape index (κ2) is 3.13. The van der Waals surface area contributed by atoms with E-state index >= 15 is 0 Å². The van der Waals surface area contributed by atoms with Crippen molar-refractivity contribution in [3.63, 3.8) is 0 Å². The second-order valence-corrected chi connectivity index (χ2v) is 2.97. The summed E-state index contributed by atoms with van der Waals surface area (Å²) in [6, 6.07) is 3.29. The van der Waals surface area contributed by atoms with Gasteiger partial charge in [-0.05, 0) is 18.2 Å². The van der Waals surface area contributed by atoms with Gasteiger partial charge in [-0.2, -0.15) is 18.3 Å². The molecule has 1 aromatic heterocycles. The quantitative estimate of drug-likeness (QED) is 0.503. The molecule has 15 heavy (non-hydrogen) atoms. The molecular formula is C8H7F3N4. The third kappa shape index (κ3) is 1.61. The number of nitrogens with zero attached hydrogens (tertiary/aromatic N) is 1. The molecule has 1 aromatic carbocycles. The zero-order valence-electron chi connectivity index (χ0n) is 7.39. The largest absolute Gasteiger partial charge is 0.416 e. The molecule has 0 amide bonds. The summed E-state index contributed by atoms with van der Waals surface area (Å²) < 4.78 is 37.0. The molecule has 1 heterocycles. The molecule has 4 N–H and O–H groups in total. The van der Waals surface area contributed by atoms with Crippen molar-refractivity contribution in [3.8, 4) is 0 Å². The minimum atomic E-state index is -4.35. The lowest BCUT2D eigenvalue weighted by atomic mass is 10.1. The fourth-order valence-corrected chi connectivity index (χ4v) is 1.31.